The zero-order valence-electron chi connectivity index (χ0n) is 13.9. The fourth-order valence-corrected chi connectivity index (χ4v) is 3.50. The van der Waals surface area contributed by atoms with Crippen LogP contribution in [0, 0.1) is 24.6 Å². The number of nitrogens with zero attached hydrogens (tertiary/aromatic N) is 1. The molecule has 1 amide bonds. The molecule has 1 aromatic carbocycles. The van der Waals surface area contributed by atoms with Crippen molar-refractivity contribution in [3.05, 3.63) is 41.3 Å². The number of aryl methyl sites for hydroxylation is 1. The van der Waals surface area contributed by atoms with Gasteiger partial charge in [0, 0.05) is 17.5 Å². The van der Waals surface area contributed by atoms with Crippen LogP contribution in [0.5, 0.6) is 0 Å². The number of aromatic nitrogens is 1. The lowest BCUT2D eigenvalue weighted by Gasteiger charge is -2.34. The van der Waals surface area contributed by atoms with Crippen molar-refractivity contribution in [3.8, 4) is 0 Å². The molecule has 23 heavy (non-hydrogen) atoms. The highest BCUT2D eigenvalue weighted by Gasteiger charge is 2.28. The summed E-state index contributed by atoms with van der Waals surface area (Å²) in [6.45, 7) is 6.26. The molecule has 0 saturated heterocycles. The van der Waals surface area contributed by atoms with Crippen LogP contribution < -0.4 is 5.32 Å². The first-order chi connectivity index (χ1) is 11.0. The fourth-order valence-electron chi connectivity index (χ4n) is 3.50. The molecule has 1 aliphatic carbocycles. The molecule has 1 fully saturated rings. The quantitative estimate of drug-likeness (QED) is 0.901. The maximum absolute atomic E-state index is 13.3. The second-order valence-corrected chi connectivity index (χ2v) is 6.81. The number of carbonyl (C=O) groups excluding carboxylic acids is 1. The summed E-state index contributed by atoms with van der Waals surface area (Å²) >= 11 is 0. The average Bonchev–Trinajstić information content (AvgIpc) is 2.51. The van der Waals surface area contributed by atoms with E-state index in [2.05, 4.69) is 24.1 Å². The molecule has 0 bridgehead atoms. The number of hydrogen-bond acceptors (Lipinski definition) is 2. The molecule has 3 rings (SSSR count). The van der Waals surface area contributed by atoms with Gasteiger partial charge in [-0.05, 0) is 43.4 Å². The van der Waals surface area contributed by atoms with E-state index in [1.54, 1.807) is 13.0 Å². The lowest BCUT2D eigenvalue weighted by Crippen LogP contribution is -2.43. The largest absolute Gasteiger partial charge is 0.349 e. The minimum Gasteiger partial charge on any atom is -0.349 e. The van der Waals surface area contributed by atoms with Gasteiger partial charge in [-0.2, -0.15) is 0 Å². The van der Waals surface area contributed by atoms with Crippen molar-refractivity contribution in [2.75, 3.05) is 0 Å². The number of amides is 1. The lowest BCUT2D eigenvalue weighted by molar-refractivity contribution is 0.0890. The van der Waals surface area contributed by atoms with E-state index in [4.69, 9.17) is 0 Å². The van der Waals surface area contributed by atoms with Gasteiger partial charge in [0.15, 0.2) is 0 Å². The minimum atomic E-state index is -0.313. The molecule has 1 aliphatic rings. The van der Waals surface area contributed by atoms with Gasteiger partial charge in [-0.3, -0.25) is 9.78 Å². The van der Waals surface area contributed by atoms with Gasteiger partial charge in [0.2, 0.25) is 0 Å². The highest BCUT2D eigenvalue weighted by Crippen LogP contribution is 2.30. The smallest absolute Gasteiger partial charge is 0.253 e. The molecule has 0 radical (unpaired) electrons. The van der Waals surface area contributed by atoms with E-state index in [-0.39, 0.29) is 17.8 Å². The van der Waals surface area contributed by atoms with E-state index >= 15 is 0 Å². The molecule has 4 heteroatoms. The number of carbonyl (C=O) groups is 1. The third-order valence-corrected chi connectivity index (χ3v) is 5.24. The van der Waals surface area contributed by atoms with Crippen molar-refractivity contribution < 1.29 is 9.18 Å². The van der Waals surface area contributed by atoms with Gasteiger partial charge in [0.05, 0.1) is 16.8 Å². The number of pyridine rings is 1. The summed E-state index contributed by atoms with van der Waals surface area (Å²) < 4.78 is 13.3. The molecular formula is C19H23FN2O. The first kappa shape index (κ1) is 15.9. The van der Waals surface area contributed by atoms with Crippen LogP contribution in [0.2, 0.25) is 0 Å². The number of benzene rings is 1. The zero-order valence-corrected chi connectivity index (χ0v) is 13.9. The molecule has 0 aliphatic heterocycles. The van der Waals surface area contributed by atoms with Gasteiger partial charge in [0.1, 0.15) is 5.82 Å². The molecule has 1 saturated carbocycles. The van der Waals surface area contributed by atoms with E-state index in [1.807, 2.05) is 6.07 Å². The molecule has 1 N–H and O–H groups in total. The summed E-state index contributed by atoms with van der Waals surface area (Å²) in [5.74, 6) is 0.724. The molecule has 0 spiro atoms. The van der Waals surface area contributed by atoms with E-state index in [9.17, 15) is 9.18 Å². The summed E-state index contributed by atoms with van der Waals surface area (Å²) in [4.78, 5) is 17.1. The Balaban J connectivity index is 1.85. The molecule has 1 aromatic heterocycles. The van der Waals surface area contributed by atoms with E-state index < -0.39 is 0 Å². The lowest BCUT2D eigenvalue weighted by atomic mass is 9.78. The molecule has 3 nitrogen and oxygen atoms in total. The highest BCUT2D eigenvalue weighted by molar-refractivity contribution is 5.98. The molecule has 122 valence electrons. The Kier molecular flexibility index (Phi) is 4.33. The van der Waals surface area contributed by atoms with Crippen LogP contribution in [-0.4, -0.2) is 16.9 Å². The number of fused-ring (bicyclic) bond motifs is 1. The Hall–Kier alpha value is -1.97. The molecule has 3 unspecified atom stereocenters. The number of halogens is 1. The van der Waals surface area contributed by atoms with Crippen LogP contribution >= 0.6 is 0 Å². The minimum absolute atomic E-state index is 0.0767. The topological polar surface area (TPSA) is 42.0 Å². The van der Waals surface area contributed by atoms with Crippen molar-refractivity contribution >= 4 is 16.8 Å². The van der Waals surface area contributed by atoms with Crippen LogP contribution in [0.1, 0.15) is 49.2 Å². The Bertz CT molecular complexity index is 743. The standard InChI is InChI=1S/C19H23FN2O/c1-11-5-4-6-17(12(11)2)22-19(23)16-9-14-7-8-15(20)10-18(14)21-13(16)3/h7-12,17H,4-6H2,1-3H3,(H,22,23). The molecular weight excluding hydrogens is 291 g/mol. The maximum atomic E-state index is 13.3. The second kappa shape index (κ2) is 6.26. The number of rotatable bonds is 2. The van der Waals surface area contributed by atoms with Crippen LogP contribution in [-0.2, 0) is 0 Å². The zero-order chi connectivity index (χ0) is 16.6. The Labute approximate surface area is 136 Å². The monoisotopic (exact) mass is 314 g/mol. The van der Waals surface area contributed by atoms with Gasteiger partial charge in [-0.25, -0.2) is 4.39 Å². The van der Waals surface area contributed by atoms with Gasteiger partial charge >= 0.3 is 0 Å². The first-order valence-corrected chi connectivity index (χ1v) is 8.33. The van der Waals surface area contributed by atoms with Crippen LogP contribution in [0.25, 0.3) is 10.9 Å². The van der Waals surface area contributed by atoms with Crippen molar-refractivity contribution in [2.24, 2.45) is 11.8 Å². The summed E-state index contributed by atoms with van der Waals surface area (Å²) in [7, 11) is 0. The van der Waals surface area contributed by atoms with Crippen LogP contribution in [0.3, 0.4) is 0 Å². The highest BCUT2D eigenvalue weighted by atomic mass is 19.1. The van der Waals surface area contributed by atoms with E-state index in [1.165, 1.54) is 18.6 Å². The Morgan fingerprint density at radius 2 is 2.04 bits per heavy atom. The predicted molar refractivity (Wildman–Crippen MR) is 89.9 cm³/mol. The normalized spacial score (nSPS) is 24.6. The van der Waals surface area contributed by atoms with Crippen molar-refractivity contribution in [2.45, 2.75) is 46.1 Å². The maximum Gasteiger partial charge on any atom is 0.253 e. The first-order valence-electron chi connectivity index (χ1n) is 8.33. The predicted octanol–water partition coefficient (Wildman–Crippen LogP) is 4.24. The average molecular weight is 314 g/mol. The molecule has 1 heterocycles. The van der Waals surface area contributed by atoms with Gasteiger partial charge in [-0.15, -0.1) is 0 Å². The Morgan fingerprint density at radius 1 is 1.26 bits per heavy atom. The SMILES string of the molecule is Cc1nc2cc(F)ccc2cc1C(=O)NC1CCCC(C)C1C. The Morgan fingerprint density at radius 3 is 2.83 bits per heavy atom. The third kappa shape index (κ3) is 3.21. The summed E-state index contributed by atoms with van der Waals surface area (Å²) in [6, 6.07) is 6.48. The van der Waals surface area contributed by atoms with Gasteiger partial charge in [0.25, 0.3) is 5.91 Å². The third-order valence-electron chi connectivity index (χ3n) is 5.24. The number of hydrogen-bond donors (Lipinski definition) is 1. The van der Waals surface area contributed by atoms with Gasteiger partial charge in [-0.1, -0.05) is 26.7 Å². The van der Waals surface area contributed by atoms with E-state index in [0.29, 0.717) is 28.6 Å². The summed E-state index contributed by atoms with van der Waals surface area (Å²) in [6.07, 6.45) is 3.42. The van der Waals surface area contributed by atoms with Crippen LogP contribution in [0.4, 0.5) is 4.39 Å². The van der Waals surface area contributed by atoms with Gasteiger partial charge < -0.3 is 5.32 Å². The molecule has 3 atom stereocenters. The van der Waals surface area contributed by atoms with Crippen LogP contribution in [0.15, 0.2) is 24.3 Å². The number of nitrogens with one attached hydrogen (secondary N) is 1. The summed E-state index contributed by atoms with van der Waals surface area (Å²) in [5.41, 5.74) is 1.80. The van der Waals surface area contributed by atoms with Crippen molar-refractivity contribution in [1.29, 1.82) is 0 Å². The fraction of sp³-hybridized carbons (Fsp3) is 0.474. The van der Waals surface area contributed by atoms with Crippen molar-refractivity contribution in [3.63, 3.8) is 0 Å². The van der Waals surface area contributed by atoms with E-state index in [0.717, 1.165) is 18.2 Å². The summed E-state index contributed by atoms with van der Waals surface area (Å²) in [5, 5.41) is 3.96. The molecule has 2 aromatic rings. The second-order valence-electron chi connectivity index (χ2n) is 6.81. The van der Waals surface area contributed by atoms with Crippen molar-refractivity contribution in [1.82, 2.24) is 10.3 Å².